The van der Waals surface area contributed by atoms with E-state index in [4.69, 9.17) is 4.84 Å². The molecule has 1 heterocycles. The van der Waals surface area contributed by atoms with Crippen molar-refractivity contribution in [3.05, 3.63) is 41.7 Å². The van der Waals surface area contributed by atoms with E-state index in [0.29, 0.717) is 5.71 Å². The van der Waals surface area contributed by atoms with Crippen LogP contribution in [0.2, 0.25) is 0 Å². The van der Waals surface area contributed by atoms with E-state index in [1.807, 2.05) is 30.3 Å². The van der Waals surface area contributed by atoms with Crippen LogP contribution in [0.4, 0.5) is 0 Å². The Morgan fingerprint density at radius 1 is 1.29 bits per heavy atom. The van der Waals surface area contributed by atoms with Gasteiger partial charge < -0.3 is 4.84 Å². The highest BCUT2D eigenvalue weighted by atomic mass is 16.6. The molecule has 0 atom stereocenters. The molecule has 3 nitrogen and oxygen atoms in total. The fraction of sp³-hybridized carbons (Fsp3) is 0.0909. The first-order valence-corrected chi connectivity index (χ1v) is 4.30. The molecule has 0 amide bonds. The van der Waals surface area contributed by atoms with Crippen LogP contribution in [-0.2, 0) is 9.63 Å². The lowest BCUT2D eigenvalue weighted by Gasteiger charge is -1.94. The summed E-state index contributed by atoms with van der Waals surface area (Å²) in [5.74, 6) is 0.141. The second-order valence-electron chi connectivity index (χ2n) is 3.02. The molecule has 3 heteroatoms. The van der Waals surface area contributed by atoms with Gasteiger partial charge in [-0.25, -0.2) is 0 Å². The zero-order valence-electron chi connectivity index (χ0n) is 7.73. The summed E-state index contributed by atoms with van der Waals surface area (Å²) in [6.07, 6.45) is 1.68. The van der Waals surface area contributed by atoms with Gasteiger partial charge in [-0.1, -0.05) is 35.5 Å². The number of rotatable bonds is 1. The van der Waals surface area contributed by atoms with E-state index < -0.39 is 0 Å². The smallest absolute Gasteiger partial charge is 0.248 e. The number of ketones is 1. The SMILES string of the molecule is CC1=NO/C(=C\c2ccccc2)C1=O. The third-order valence-electron chi connectivity index (χ3n) is 1.93. The third kappa shape index (κ3) is 1.57. The largest absolute Gasteiger partial charge is 0.352 e. The van der Waals surface area contributed by atoms with E-state index in [0.717, 1.165) is 5.56 Å². The van der Waals surface area contributed by atoms with E-state index in [1.54, 1.807) is 13.0 Å². The first-order chi connectivity index (χ1) is 6.77. The van der Waals surface area contributed by atoms with Gasteiger partial charge in [-0.15, -0.1) is 0 Å². The van der Waals surface area contributed by atoms with Gasteiger partial charge in [0, 0.05) is 0 Å². The molecule has 0 spiro atoms. The van der Waals surface area contributed by atoms with Crippen LogP contribution in [0.15, 0.2) is 41.2 Å². The molecule has 14 heavy (non-hydrogen) atoms. The molecule has 1 aliphatic heterocycles. The molecular formula is C11H9NO2. The van der Waals surface area contributed by atoms with Gasteiger partial charge in [-0.2, -0.15) is 0 Å². The average molecular weight is 187 g/mol. The molecule has 0 aliphatic carbocycles. The Bertz CT molecular complexity index is 418. The standard InChI is InChI=1S/C11H9NO2/c1-8-11(13)10(14-12-8)7-9-5-3-2-4-6-9/h2-7H,1H3/b10-7-. The number of nitrogens with zero attached hydrogens (tertiary/aromatic N) is 1. The van der Waals surface area contributed by atoms with Crippen molar-refractivity contribution in [1.29, 1.82) is 0 Å². The Balaban J connectivity index is 2.26. The van der Waals surface area contributed by atoms with Crippen LogP contribution in [0.3, 0.4) is 0 Å². The lowest BCUT2D eigenvalue weighted by molar-refractivity contribution is -0.111. The number of benzene rings is 1. The molecule has 0 aromatic heterocycles. The van der Waals surface area contributed by atoms with Gasteiger partial charge in [0.25, 0.3) is 0 Å². The fourth-order valence-electron chi connectivity index (χ4n) is 1.17. The fourth-order valence-corrected chi connectivity index (χ4v) is 1.17. The lowest BCUT2D eigenvalue weighted by atomic mass is 10.1. The molecule has 0 saturated carbocycles. The van der Waals surface area contributed by atoms with E-state index in [-0.39, 0.29) is 11.5 Å². The van der Waals surface area contributed by atoms with Gasteiger partial charge in [0.05, 0.1) is 0 Å². The summed E-state index contributed by atoms with van der Waals surface area (Å²) in [6.45, 7) is 1.63. The average Bonchev–Trinajstić information content (AvgIpc) is 2.52. The number of oxime groups is 1. The van der Waals surface area contributed by atoms with E-state index in [2.05, 4.69) is 5.16 Å². The predicted molar refractivity (Wildman–Crippen MR) is 53.6 cm³/mol. The van der Waals surface area contributed by atoms with E-state index in [9.17, 15) is 4.79 Å². The molecule has 0 N–H and O–H groups in total. The van der Waals surface area contributed by atoms with E-state index >= 15 is 0 Å². The maximum Gasteiger partial charge on any atom is 0.248 e. The minimum absolute atomic E-state index is 0.145. The number of allylic oxidation sites excluding steroid dienone is 1. The number of carbonyl (C=O) groups excluding carboxylic acids is 1. The highest BCUT2D eigenvalue weighted by Crippen LogP contribution is 2.14. The van der Waals surface area contributed by atoms with Crippen molar-refractivity contribution in [2.75, 3.05) is 0 Å². The maximum absolute atomic E-state index is 11.4. The van der Waals surface area contributed by atoms with Gasteiger partial charge in [0.15, 0.2) is 0 Å². The summed E-state index contributed by atoms with van der Waals surface area (Å²) in [5, 5.41) is 3.59. The van der Waals surface area contributed by atoms with Crippen LogP contribution in [0.1, 0.15) is 12.5 Å². The molecule has 1 aromatic rings. The minimum Gasteiger partial charge on any atom is -0.352 e. The third-order valence-corrected chi connectivity index (χ3v) is 1.93. The van der Waals surface area contributed by atoms with Crippen LogP contribution in [0.5, 0.6) is 0 Å². The van der Waals surface area contributed by atoms with Crippen molar-refractivity contribution < 1.29 is 9.63 Å². The molecule has 0 bridgehead atoms. The van der Waals surface area contributed by atoms with Gasteiger partial charge in [-0.3, -0.25) is 4.79 Å². The molecule has 70 valence electrons. The second kappa shape index (κ2) is 3.46. The normalized spacial score (nSPS) is 18.2. The van der Waals surface area contributed by atoms with Crippen LogP contribution in [-0.4, -0.2) is 11.5 Å². The number of carbonyl (C=O) groups is 1. The van der Waals surface area contributed by atoms with Crippen molar-refractivity contribution in [3.63, 3.8) is 0 Å². The summed E-state index contributed by atoms with van der Waals surface area (Å²) >= 11 is 0. The van der Waals surface area contributed by atoms with Crippen LogP contribution >= 0.6 is 0 Å². The molecule has 0 saturated heterocycles. The highest BCUT2D eigenvalue weighted by molar-refractivity contribution is 6.46. The lowest BCUT2D eigenvalue weighted by Crippen LogP contribution is -2.05. The number of Topliss-reactive ketones (excluding diaryl/α,β-unsaturated/α-hetero) is 1. The quantitative estimate of drug-likeness (QED) is 0.631. The van der Waals surface area contributed by atoms with Gasteiger partial charge in [-0.05, 0) is 18.6 Å². The number of hydrogen-bond acceptors (Lipinski definition) is 3. The Morgan fingerprint density at radius 2 is 2.00 bits per heavy atom. The molecular weight excluding hydrogens is 178 g/mol. The Kier molecular flexibility index (Phi) is 2.14. The zero-order chi connectivity index (χ0) is 9.97. The molecule has 1 aliphatic rings. The summed E-state index contributed by atoms with van der Waals surface area (Å²) in [7, 11) is 0. The van der Waals surface area contributed by atoms with Crippen molar-refractivity contribution in [3.8, 4) is 0 Å². The first-order valence-electron chi connectivity index (χ1n) is 4.30. The molecule has 0 radical (unpaired) electrons. The number of hydrogen-bond donors (Lipinski definition) is 0. The van der Waals surface area contributed by atoms with Crippen LogP contribution in [0.25, 0.3) is 6.08 Å². The summed E-state index contributed by atoms with van der Waals surface area (Å²) < 4.78 is 0. The second-order valence-corrected chi connectivity index (χ2v) is 3.02. The Labute approximate surface area is 81.7 Å². The van der Waals surface area contributed by atoms with Gasteiger partial charge in [0.2, 0.25) is 11.5 Å². The van der Waals surface area contributed by atoms with Crippen LogP contribution in [0, 0.1) is 0 Å². The molecule has 0 fully saturated rings. The summed E-state index contributed by atoms with van der Waals surface area (Å²) in [4.78, 5) is 16.3. The monoisotopic (exact) mass is 187 g/mol. The zero-order valence-corrected chi connectivity index (χ0v) is 7.73. The first kappa shape index (κ1) is 8.69. The van der Waals surface area contributed by atoms with E-state index in [1.165, 1.54) is 0 Å². The molecule has 0 unspecified atom stereocenters. The van der Waals surface area contributed by atoms with Gasteiger partial charge in [0.1, 0.15) is 5.71 Å². The molecule has 1 aromatic carbocycles. The minimum atomic E-state index is -0.145. The van der Waals surface area contributed by atoms with Gasteiger partial charge >= 0.3 is 0 Å². The Hall–Kier alpha value is -1.90. The topological polar surface area (TPSA) is 38.7 Å². The predicted octanol–water partition coefficient (Wildman–Crippen LogP) is 2.00. The van der Waals surface area contributed by atoms with Crippen molar-refractivity contribution in [1.82, 2.24) is 0 Å². The summed E-state index contributed by atoms with van der Waals surface area (Å²) in [5.41, 5.74) is 1.33. The molecule has 2 rings (SSSR count). The summed E-state index contributed by atoms with van der Waals surface area (Å²) in [6, 6.07) is 9.52. The Morgan fingerprint density at radius 3 is 2.57 bits per heavy atom. The van der Waals surface area contributed by atoms with Crippen LogP contribution < -0.4 is 0 Å². The van der Waals surface area contributed by atoms with Crippen molar-refractivity contribution in [2.24, 2.45) is 5.16 Å². The van der Waals surface area contributed by atoms with Crippen molar-refractivity contribution in [2.45, 2.75) is 6.92 Å². The van der Waals surface area contributed by atoms with Crippen molar-refractivity contribution >= 4 is 17.6 Å². The maximum atomic E-state index is 11.4. The highest BCUT2D eigenvalue weighted by Gasteiger charge is 2.21.